The molecule has 3 rings (SSSR count). The molecule has 0 radical (unpaired) electrons. The van der Waals surface area contributed by atoms with E-state index in [1.807, 2.05) is 0 Å². The van der Waals surface area contributed by atoms with Crippen LogP contribution < -0.4 is 16.6 Å². The number of hydrogen-bond donors (Lipinski definition) is 3. The van der Waals surface area contributed by atoms with Gasteiger partial charge in [-0.1, -0.05) is 0 Å². The molecule has 0 atom stereocenters. The van der Waals surface area contributed by atoms with Gasteiger partial charge in [0.05, 0.1) is 5.52 Å². The van der Waals surface area contributed by atoms with Gasteiger partial charge in [-0.3, -0.25) is 14.6 Å². The maximum Gasteiger partial charge on any atom is 0.417 e. The Balaban J connectivity index is 1.88. The Morgan fingerprint density at radius 2 is 2.05 bits per heavy atom. The molecule has 0 saturated carbocycles. The Bertz CT molecular complexity index is 885. The van der Waals surface area contributed by atoms with Crippen LogP contribution in [0.4, 0.5) is 5.69 Å². The molecule has 0 spiro atoms. The van der Waals surface area contributed by atoms with E-state index in [-0.39, 0.29) is 11.3 Å². The lowest BCUT2D eigenvalue weighted by Gasteiger charge is -2.03. The molecule has 1 amide bonds. The fourth-order valence-corrected chi connectivity index (χ4v) is 1.70. The number of aromatic amines is 2. The normalized spacial score (nSPS) is 10.6. The largest absolute Gasteiger partial charge is 0.417 e. The minimum Gasteiger partial charge on any atom is -0.408 e. The number of anilines is 1. The summed E-state index contributed by atoms with van der Waals surface area (Å²) in [5, 5.41) is 8.38. The van der Waals surface area contributed by atoms with Crippen molar-refractivity contribution in [2.24, 2.45) is 0 Å². The third kappa shape index (κ3) is 2.21. The van der Waals surface area contributed by atoms with Crippen molar-refractivity contribution in [3.8, 4) is 0 Å². The number of benzene rings is 1. The molecule has 3 aromatic rings. The van der Waals surface area contributed by atoms with Crippen molar-refractivity contribution < 1.29 is 9.21 Å². The molecule has 8 heteroatoms. The van der Waals surface area contributed by atoms with Crippen LogP contribution in [0.5, 0.6) is 0 Å². The van der Waals surface area contributed by atoms with Gasteiger partial charge in [0.15, 0.2) is 5.58 Å². The summed E-state index contributed by atoms with van der Waals surface area (Å²) in [4.78, 5) is 36.2. The van der Waals surface area contributed by atoms with Crippen LogP contribution in [0.15, 0.2) is 44.3 Å². The first-order valence-electron chi connectivity index (χ1n) is 5.62. The van der Waals surface area contributed by atoms with E-state index in [9.17, 15) is 14.4 Å². The van der Waals surface area contributed by atoms with Crippen LogP contribution in [0.1, 0.15) is 10.5 Å². The number of fused-ring (bicyclic) bond motifs is 1. The molecule has 0 unspecified atom stereocenters. The molecule has 0 aliphatic rings. The van der Waals surface area contributed by atoms with Gasteiger partial charge in [-0.15, -0.1) is 0 Å². The van der Waals surface area contributed by atoms with Gasteiger partial charge in [0, 0.05) is 11.8 Å². The molecule has 20 heavy (non-hydrogen) atoms. The monoisotopic (exact) mass is 272 g/mol. The lowest BCUT2D eigenvalue weighted by atomic mass is 10.2. The number of aromatic nitrogens is 3. The van der Waals surface area contributed by atoms with Gasteiger partial charge in [-0.05, 0) is 24.3 Å². The number of nitrogens with one attached hydrogen (secondary N) is 3. The number of carbonyl (C=O) groups excluding carboxylic acids is 1. The lowest BCUT2D eigenvalue weighted by Crippen LogP contribution is -2.17. The average Bonchev–Trinajstić information content (AvgIpc) is 2.78. The molecule has 3 N–H and O–H groups in total. The predicted octanol–water partition coefficient (Wildman–Crippen LogP) is 0.457. The number of H-pyrrole nitrogens is 2. The fourth-order valence-electron chi connectivity index (χ4n) is 1.70. The van der Waals surface area contributed by atoms with Crippen molar-refractivity contribution in [1.29, 1.82) is 0 Å². The van der Waals surface area contributed by atoms with Gasteiger partial charge in [0.2, 0.25) is 0 Å². The second-order valence-corrected chi connectivity index (χ2v) is 3.99. The van der Waals surface area contributed by atoms with Crippen molar-refractivity contribution >= 4 is 22.7 Å². The molecule has 0 aliphatic heterocycles. The van der Waals surface area contributed by atoms with E-state index in [0.717, 1.165) is 0 Å². The van der Waals surface area contributed by atoms with Crippen molar-refractivity contribution in [1.82, 2.24) is 15.2 Å². The quantitative estimate of drug-likeness (QED) is 0.625. The number of amides is 1. The van der Waals surface area contributed by atoms with Gasteiger partial charge in [-0.2, -0.15) is 5.10 Å². The maximum absolute atomic E-state index is 11.9. The molecule has 100 valence electrons. The molecule has 0 fully saturated rings. The third-order valence-electron chi connectivity index (χ3n) is 2.59. The summed E-state index contributed by atoms with van der Waals surface area (Å²) in [7, 11) is 0. The van der Waals surface area contributed by atoms with Crippen LogP contribution in [0.25, 0.3) is 11.1 Å². The third-order valence-corrected chi connectivity index (χ3v) is 2.59. The molecule has 8 nitrogen and oxygen atoms in total. The van der Waals surface area contributed by atoms with E-state index < -0.39 is 11.7 Å². The molecule has 2 aromatic heterocycles. The first kappa shape index (κ1) is 11.9. The smallest absolute Gasteiger partial charge is 0.408 e. The van der Waals surface area contributed by atoms with Crippen LogP contribution >= 0.6 is 0 Å². The summed E-state index contributed by atoms with van der Waals surface area (Å²) >= 11 is 0. The average molecular weight is 272 g/mol. The summed E-state index contributed by atoms with van der Waals surface area (Å²) in [6.07, 6.45) is 0. The van der Waals surface area contributed by atoms with Crippen molar-refractivity contribution in [3.63, 3.8) is 0 Å². The van der Waals surface area contributed by atoms with Crippen molar-refractivity contribution in [2.75, 3.05) is 5.32 Å². The van der Waals surface area contributed by atoms with E-state index in [4.69, 9.17) is 4.42 Å². The van der Waals surface area contributed by atoms with Crippen LogP contribution in [0, 0.1) is 0 Å². The van der Waals surface area contributed by atoms with E-state index in [1.54, 1.807) is 18.2 Å². The Labute approximate surface area is 110 Å². The van der Waals surface area contributed by atoms with Gasteiger partial charge in [0.25, 0.3) is 11.5 Å². The van der Waals surface area contributed by atoms with Gasteiger partial charge in [-0.25, -0.2) is 9.89 Å². The number of nitrogens with zero attached hydrogens (tertiary/aromatic N) is 1. The standard InChI is InChI=1S/C12H8N4O4/c17-10-4-2-7(15-16-10)11(18)13-6-1-3-9-8(5-6)14-12(19)20-9/h1-5H,(H,13,18)(H,14,19)(H,16,17). The fraction of sp³-hybridized carbons (Fsp3) is 0. The van der Waals surface area contributed by atoms with E-state index in [0.29, 0.717) is 16.8 Å². The molecule has 0 bridgehead atoms. The lowest BCUT2D eigenvalue weighted by molar-refractivity contribution is 0.102. The highest BCUT2D eigenvalue weighted by molar-refractivity contribution is 6.03. The van der Waals surface area contributed by atoms with E-state index in [1.165, 1.54) is 12.1 Å². The zero-order valence-corrected chi connectivity index (χ0v) is 9.97. The van der Waals surface area contributed by atoms with Gasteiger partial charge >= 0.3 is 5.76 Å². The van der Waals surface area contributed by atoms with E-state index >= 15 is 0 Å². The second-order valence-electron chi connectivity index (χ2n) is 3.99. The number of rotatable bonds is 2. The SMILES string of the molecule is O=C(Nc1ccc2oc(=O)[nH]c2c1)c1ccc(=O)[nH]n1. The van der Waals surface area contributed by atoms with Crippen LogP contribution in [-0.2, 0) is 0 Å². The highest BCUT2D eigenvalue weighted by Crippen LogP contribution is 2.16. The Morgan fingerprint density at radius 1 is 1.20 bits per heavy atom. The van der Waals surface area contributed by atoms with Crippen molar-refractivity contribution in [3.05, 3.63) is 56.9 Å². The zero-order valence-electron chi connectivity index (χ0n) is 9.97. The molecular formula is C12H8N4O4. The summed E-state index contributed by atoms with van der Waals surface area (Å²) in [6.45, 7) is 0. The zero-order chi connectivity index (χ0) is 14.1. The Kier molecular flexibility index (Phi) is 2.68. The first-order chi connectivity index (χ1) is 9.61. The molecule has 0 aliphatic carbocycles. The van der Waals surface area contributed by atoms with Crippen molar-refractivity contribution in [2.45, 2.75) is 0 Å². The molecule has 2 heterocycles. The van der Waals surface area contributed by atoms with Crippen LogP contribution in [0.2, 0.25) is 0 Å². The Morgan fingerprint density at radius 3 is 2.80 bits per heavy atom. The molecule has 1 aromatic carbocycles. The van der Waals surface area contributed by atoms with Gasteiger partial charge < -0.3 is 9.73 Å². The van der Waals surface area contributed by atoms with Crippen LogP contribution in [-0.4, -0.2) is 21.1 Å². The minimum absolute atomic E-state index is 0.0744. The predicted molar refractivity (Wildman–Crippen MR) is 69.6 cm³/mol. The Hall–Kier alpha value is -3.16. The summed E-state index contributed by atoms with van der Waals surface area (Å²) in [5.74, 6) is -1.04. The number of hydrogen-bond acceptors (Lipinski definition) is 5. The first-order valence-corrected chi connectivity index (χ1v) is 5.62. The van der Waals surface area contributed by atoms with Gasteiger partial charge in [0.1, 0.15) is 5.69 Å². The molecule has 0 saturated heterocycles. The highest BCUT2D eigenvalue weighted by Gasteiger charge is 2.09. The summed E-state index contributed by atoms with van der Waals surface area (Å²) < 4.78 is 4.85. The summed E-state index contributed by atoms with van der Waals surface area (Å²) in [6, 6.07) is 7.22. The summed E-state index contributed by atoms with van der Waals surface area (Å²) in [5.41, 5.74) is 1.02. The topological polar surface area (TPSA) is 121 Å². The minimum atomic E-state index is -0.564. The second kappa shape index (κ2) is 4.50. The molecular weight excluding hydrogens is 264 g/mol. The number of oxazole rings is 1. The maximum atomic E-state index is 11.9. The highest BCUT2D eigenvalue weighted by atomic mass is 16.4. The van der Waals surface area contributed by atoms with Crippen LogP contribution in [0.3, 0.4) is 0 Å². The number of carbonyl (C=O) groups is 1. The van der Waals surface area contributed by atoms with E-state index in [2.05, 4.69) is 20.5 Å².